The molecule has 0 rings (SSSR count). The van der Waals surface area contributed by atoms with Gasteiger partial charge in [-0.3, -0.25) is 14.6 Å². The summed E-state index contributed by atoms with van der Waals surface area (Å²) in [4.78, 5) is 39.6. The number of nitrogens with one attached hydrogen (secondary N) is 1. The first-order valence-corrected chi connectivity index (χ1v) is 13.1. The van der Waals surface area contributed by atoms with Gasteiger partial charge in [-0.25, -0.2) is 4.79 Å². The van der Waals surface area contributed by atoms with Crippen LogP contribution in [-0.2, 0) is 23.9 Å². The van der Waals surface area contributed by atoms with Crippen molar-refractivity contribution in [2.75, 3.05) is 19.8 Å². The molecule has 204 valence electrons. The quantitative estimate of drug-likeness (QED) is 0.0762. The second kappa shape index (κ2) is 22.1. The van der Waals surface area contributed by atoms with Gasteiger partial charge in [-0.05, 0) is 19.3 Å². The molecule has 0 unspecified atom stereocenters. The third-order valence-corrected chi connectivity index (χ3v) is 5.50. The average molecular weight is 501 g/mol. The fourth-order valence-corrected chi connectivity index (χ4v) is 3.58. The van der Waals surface area contributed by atoms with Crippen molar-refractivity contribution in [2.24, 2.45) is 16.5 Å². The van der Waals surface area contributed by atoms with Crippen LogP contribution in [0.2, 0.25) is 0 Å². The number of amides is 1. The molecule has 10 nitrogen and oxygen atoms in total. The number of hydrogen-bond acceptors (Lipinski definition) is 7. The Morgan fingerprint density at radius 3 is 2.00 bits per heavy atom. The van der Waals surface area contributed by atoms with E-state index in [9.17, 15) is 19.5 Å². The lowest BCUT2D eigenvalue weighted by molar-refractivity contribution is -0.162. The van der Waals surface area contributed by atoms with Gasteiger partial charge in [0.15, 0.2) is 12.1 Å². The number of nitrogens with zero attached hydrogens (tertiary/aromatic N) is 1. The van der Waals surface area contributed by atoms with Gasteiger partial charge in [0, 0.05) is 19.9 Å². The first kappa shape index (κ1) is 32.6. The van der Waals surface area contributed by atoms with Crippen LogP contribution in [0.25, 0.3) is 0 Å². The van der Waals surface area contributed by atoms with E-state index in [1.165, 1.54) is 58.3 Å². The Bertz CT molecular complexity index is 611. The predicted octanol–water partition coefficient (Wildman–Crippen LogP) is 2.69. The summed E-state index contributed by atoms with van der Waals surface area (Å²) in [6, 6.07) is -0.881. The van der Waals surface area contributed by atoms with Gasteiger partial charge in [0.1, 0.15) is 12.6 Å². The van der Waals surface area contributed by atoms with E-state index < -0.39 is 30.7 Å². The highest BCUT2D eigenvalue weighted by molar-refractivity contribution is 5.83. The van der Waals surface area contributed by atoms with E-state index in [1.54, 1.807) is 0 Å². The number of rotatable bonds is 22. The maximum atomic E-state index is 12.4. The SMILES string of the molecule is CCCCCCCCCCCCCC(=O)O[C@@H](CO)COC(=O)[C@H](CCCN=C(N)N)NC(C)=O. The number of nitrogens with two attached hydrogens (primary N) is 2. The van der Waals surface area contributed by atoms with Gasteiger partial charge in [0.05, 0.1) is 6.61 Å². The van der Waals surface area contributed by atoms with Crippen LogP contribution in [0.15, 0.2) is 4.99 Å². The highest BCUT2D eigenvalue weighted by Crippen LogP contribution is 2.12. The molecule has 0 saturated carbocycles. The maximum absolute atomic E-state index is 12.4. The van der Waals surface area contributed by atoms with E-state index in [4.69, 9.17) is 20.9 Å². The minimum absolute atomic E-state index is 0.0515. The molecule has 10 heteroatoms. The molecule has 0 aromatic carbocycles. The number of guanidine groups is 1. The Labute approximate surface area is 210 Å². The van der Waals surface area contributed by atoms with Crippen molar-refractivity contribution in [1.29, 1.82) is 0 Å². The van der Waals surface area contributed by atoms with Crippen LogP contribution in [0.3, 0.4) is 0 Å². The van der Waals surface area contributed by atoms with Gasteiger partial charge in [-0.15, -0.1) is 0 Å². The first-order valence-electron chi connectivity index (χ1n) is 13.1. The van der Waals surface area contributed by atoms with E-state index in [0.717, 1.165) is 19.3 Å². The zero-order valence-corrected chi connectivity index (χ0v) is 21.8. The number of ether oxygens (including phenoxy) is 2. The zero-order valence-electron chi connectivity index (χ0n) is 21.8. The monoisotopic (exact) mass is 500 g/mol. The molecule has 1 amide bonds. The normalized spacial score (nSPS) is 12.4. The van der Waals surface area contributed by atoms with E-state index in [-0.39, 0.29) is 31.3 Å². The highest BCUT2D eigenvalue weighted by Gasteiger charge is 2.23. The third kappa shape index (κ3) is 20.7. The average Bonchev–Trinajstić information content (AvgIpc) is 2.81. The highest BCUT2D eigenvalue weighted by atomic mass is 16.6. The summed E-state index contributed by atoms with van der Waals surface area (Å²) in [6.45, 7) is 3.07. The Hall–Kier alpha value is -2.36. The molecule has 35 heavy (non-hydrogen) atoms. The molecule has 0 spiro atoms. The van der Waals surface area contributed by atoms with Gasteiger partial charge in [-0.2, -0.15) is 0 Å². The Morgan fingerprint density at radius 1 is 0.914 bits per heavy atom. The summed E-state index contributed by atoms with van der Waals surface area (Å²) in [6.07, 6.45) is 13.1. The fraction of sp³-hybridized carbons (Fsp3) is 0.840. The van der Waals surface area contributed by atoms with Gasteiger partial charge in [-0.1, -0.05) is 71.1 Å². The molecule has 0 fully saturated rings. The van der Waals surface area contributed by atoms with Crippen LogP contribution in [-0.4, -0.2) is 60.8 Å². The minimum atomic E-state index is -0.946. The lowest BCUT2D eigenvalue weighted by atomic mass is 10.1. The molecule has 2 atom stereocenters. The Morgan fingerprint density at radius 2 is 1.49 bits per heavy atom. The summed E-state index contributed by atoms with van der Waals surface area (Å²) in [5.74, 6) is -1.54. The standard InChI is InChI=1S/C25H48N4O6/c1-3-4-5-6-7-8-9-10-11-12-13-16-23(32)35-21(18-30)19-34-24(33)22(29-20(2)31)15-14-17-28-25(26)27/h21-22,30H,3-19H2,1-2H3,(H,29,31)(H4,26,27,28)/t21-,22-/m0/s1. The molecule has 0 saturated heterocycles. The smallest absolute Gasteiger partial charge is 0.328 e. The molecule has 6 N–H and O–H groups in total. The number of aliphatic hydroxyl groups excluding tert-OH is 1. The van der Waals surface area contributed by atoms with Crippen LogP contribution < -0.4 is 16.8 Å². The van der Waals surface area contributed by atoms with Crippen LogP contribution in [0.5, 0.6) is 0 Å². The van der Waals surface area contributed by atoms with Crippen LogP contribution >= 0.6 is 0 Å². The van der Waals surface area contributed by atoms with Crippen molar-refractivity contribution in [3.63, 3.8) is 0 Å². The Balaban J connectivity index is 4.10. The number of hydrogen-bond donors (Lipinski definition) is 4. The second-order valence-corrected chi connectivity index (χ2v) is 8.91. The molecule has 0 bridgehead atoms. The van der Waals surface area contributed by atoms with Crippen molar-refractivity contribution >= 4 is 23.8 Å². The Kier molecular flexibility index (Phi) is 20.6. The van der Waals surface area contributed by atoms with E-state index in [0.29, 0.717) is 13.0 Å². The van der Waals surface area contributed by atoms with Gasteiger partial charge >= 0.3 is 11.9 Å². The van der Waals surface area contributed by atoms with E-state index in [2.05, 4.69) is 17.2 Å². The molecule has 0 aromatic rings. The van der Waals surface area contributed by atoms with Crippen LogP contribution in [0.1, 0.15) is 104 Å². The number of carbonyl (C=O) groups excluding carboxylic acids is 3. The summed E-state index contributed by atoms with van der Waals surface area (Å²) in [5, 5.41) is 12.0. The number of carbonyl (C=O) groups is 3. The van der Waals surface area contributed by atoms with Crippen LogP contribution in [0, 0.1) is 0 Å². The lowest BCUT2D eigenvalue weighted by Gasteiger charge is -2.19. The molecular formula is C25H48N4O6. The number of unbranched alkanes of at least 4 members (excludes halogenated alkanes) is 10. The van der Waals surface area contributed by atoms with Gasteiger partial charge in [0.25, 0.3) is 0 Å². The molecule has 0 aromatic heterocycles. The van der Waals surface area contributed by atoms with Gasteiger partial charge in [0.2, 0.25) is 5.91 Å². The molecule has 0 aliphatic heterocycles. The lowest BCUT2D eigenvalue weighted by Crippen LogP contribution is -2.42. The van der Waals surface area contributed by atoms with Crippen molar-refractivity contribution in [2.45, 2.75) is 116 Å². The number of esters is 2. The maximum Gasteiger partial charge on any atom is 0.328 e. The third-order valence-electron chi connectivity index (χ3n) is 5.50. The summed E-state index contributed by atoms with van der Waals surface area (Å²) >= 11 is 0. The second-order valence-electron chi connectivity index (χ2n) is 8.91. The number of aliphatic imine (C=N–C) groups is 1. The molecular weight excluding hydrogens is 452 g/mol. The summed E-state index contributed by atoms with van der Waals surface area (Å²) in [7, 11) is 0. The van der Waals surface area contributed by atoms with Crippen molar-refractivity contribution in [3.05, 3.63) is 0 Å². The zero-order chi connectivity index (χ0) is 26.3. The van der Waals surface area contributed by atoms with E-state index in [1.807, 2.05) is 0 Å². The molecule has 0 aliphatic rings. The summed E-state index contributed by atoms with van der Waals surface area (Å²) < 4.78 is 10.4. The first-order chi connectivity index (χ1) is 16.8. The van der Waals surface area contributed by atoms with Crippen LogP contribution in [0.4, 0.5) is 0 Å². The fourth-order valence-electron chi connectivity index (χ4n) is 3.58. The van der Waals surface area contributed by atoms with Gasteiger partial charge < -0.3 is 31.4 Å². The van der Waals surface area contributed by atoms with E-state index >= 15 is 0 Å². The molecule has 0 aliphatic carbocycles. The summed E-state index contributed by atoms with van der Waals surface area (Å²) in [5.41, 5.74) is 10.5. The molecule has 0 radical (unpaired) electrons. The number of aliphatic hydroxyl groups is 1. The topological polar surface area (TPSA) is 166 Å². The largest absolute Gasteiger partial charge is 0.460 e. The minimum Gasteiger partial charge on any atom is -0.460 e. The molecule has 0 heterocycles. The van der Waals surface area contributed by atoms with Crippen molar-refractivity contribution in [3.8, 4) is 0 Å². The predicted molar refractivity (Wildman–Crippen MR) is 137 cm³/mol. The van der Waals surface area contributed by atoms with Crippen molar-refractivity contribution < 1.29 is 29.0 Å². The van der Waals surface area contributed by atoms with Crippen molar-refractivity contribution in [1.82, 2.24) is 5.32 Å².